The summed E-state index contributed by atoms with van der Waals surface area (Å²) in [5, 5.41) is 0. The second-order valence-corrected chi connectivity index (χ2v) is 2.10. The molecule has 0 saturated heterocycles. The van der Waals surface area contributed by atoms with E-state index < -0.39 is 0 Å². The minimum Gasteiger partial charge on any atom is -0.449 e. The van der Waals surface area contributed by atoms with Gasteiger partial charge in [-0.05, 0) is 0 Å². The van der Waals surface area contributed by atoms with Crippen LogP contribution < -0.4 is 5.73 Å². The molecule has 0 unspecified atom stereocenters. The monoisotopic (exact) mass is 134 g/mol. The van der Waals surface area contributed by atoms with Crippen molar-refractivity contribution in [3.8, 4) is 11.1 Å². The third kappa shape index (κ3) is 0.639. The van der Waals surface area contributed by atoms with Crippen molar-refractivity contribution < 1.29 is 4.42 Å². The lowest BCUT2D eigenvalue weighted by Crippen LogP contribution is -1.83. The zero-order valence-corrected chi connectivity index (χ0v) is 5.24. The average Bonchev–Trinajstić information content (AvgIpc) is 2.33. The van der Waals surface area contributed by atoms with Gasteiger partial charge >= 0.3 is 0 Å². The highest BCUT2D eigenvalue weighted by atomic mass is 16.3. The van der Waals surface area contributed by atoms with E-state index in [9.17, 15) is 0 Å². The first-order valence-corrected chi connectivity index (χ1v) is 2.94. The van der Waals surface area contributed by atoms with Crippen molar-refractivity contribution in [2.45, 2.75) is 0 Å². The quantitative estimate of drug-likeness (QED) is 0.591. The third-order valence-electron chi connectivity index (χ3n) is 1.38. The molecule has 50 valence electrons. The maximum atomic E-state index is 5.39. The summed E-state index contributed by atoms with van der Waals surface area (Å²) in [5.41, 5.74) is 7.39. The lowest BCUT2D eigenvalue weighted by Gasteiger charge is -1.95. The minimum absolute atomic E-state index is 0.417. The summed E-state index contributed by atoms with van der Waals surface area (Å²) in [5.74, 6) is 0.417. The molecule has 0 amide bonds. The Morgan fingerprint density at radius 1 is 1.30 bits per heavy atom. The molecule has 0 aromatic carbocycles. The van der Waals surface area contributed by atoms with Gasteiger partial charge in [-0.1, -0.05) is 0 Å². The van der Waals surface area contributed by atoms with Gasteiger partial charge in [0, 0.05) is 29.6 Å². The highest BCUT2D eigenvalue weighted by Gasteiger charge is 2.02. The first-order chi connectivity index (χ1) is 4.86. The van der Waals surface area contributed by atoms with Gasteiger partial charge in [-0.25, -0.2) is 0 Å². The number of nitrogen functional groups attached to an aromatic ring is 1. The Labute approximate surface area is 57.8 Å². The second kappa shape index (κ2) is 1.73. The van der Waals surface area contributed by atoms with E-state index in [1.54, 1.807) is 24.7 Å². The number of anilines is 1. The van der Waals surface area contributed by atoms with Gasteiger partial charge in [-0.15, -0.1) is 0 Å². The van der Waals surface area contributed by atoms with Gasteiger partial charge in [0.25, 0.3) is 0 Å². The minimum atomic E-state index is 0.417. The first-order valence-electron chi connectivity index (χ1n) is 2.94. The van der Waals surface area contributed by atoms with Crippen molar-refractivity contribution >= 4 is 5.88 Å². The van der Waals surface area contributed by atoms with Crippen LogP contribution in [-0.2, 0) is 0 Å². The lowest BCUT2D eigenvalue weighted by atomic mass is 10.2. The van der Waals surface area contributed by atoms with Crippen LogP contribution in [0.15, 0.2) is 29.1 Å². The number of fused-ring (bicyclic) bond motifs is 1. The molecule has 0 spiro atoms. The van der Waals surface area contributed by atoms with Crippen molar-refractivity contribution in [1.82, 2.24) is 4.98 Å². The molecular weight excluding hydrogens is 128 g/mol. The van der Waals surface area contributed by atoms with Gasteiger partial charge < -0.3 is 10.2 Å². The van der Waals surface area contributed by atoms with Gasteiger partial charge in [0.05, 0.1) is 0 Å². The molecule has 0 aromatic heterocycles. The molecule has 10 heavy (non-hydrogen) atoms. The van der Waals surface area contributed by atoms with Crippen LogP contribution in [0.25, 0.3) is 11.1 Å². The maximum Gasteiger partial charge on any atom is 0.190 e. The van der Waals surface area contributed by atoms with Gasteiger partial charge in [-0.3, -0.25) is 4.98 Å². The Bertz CT molecular complexity index is 315. The fourth-order valence-corrected chi connectivity index (χ4v) is 0.885. The fourth-order valence-electron chi connectivity index (χ4n) is 0.885. The predicted molar refractivity (Wildman–Crippen MR) is 37.5 cm³/mol. The topological polar surface area (TPSA) is 52.0 Å². The van der Waals surface area contributed by atoms with Crippen LogP contribution >= 0.6 is 0 Å². The fraction of sp³-hybridized carbons (Fsp3) is 0. The van der Waals surface area contributed by atoms with Crippen molar-refractivity contribution in [3.63, 3.8) is 0 Å². The maximum absolute atomic E-state index is 5.39. The Kier molecular flexibility index (Phi) is 0.917. The molecule has 0 saturated carbocycles. The summed E-state index contributed by atoms with van der Waals surface area (Å²) in [6.45, 7) is 0. The van der Waals surface area contributed by atoms with Crippen LogP contribution in [0, 0.1) is 0 Å². The Balaban J connectivity index is 2.75. The van der Waals surface area contributed by atoms with E-state index >= 15 is 0 Å². The Morgan fingerprint density at radius 3 is 3.00 bits per heavy atom. The van der Waals surface area contributed by atoms with Crippen LogP contribution in [0.5, 0.6) is 0 Å². The molecule has 0 aliphatic carbocycles. The van der Waals surface area contributed by atoms with E-state index in [2.05, 4.69) is 4.98 Å². The van der Waals surface area contributed by atoms with Crippen LogP contribution in [0.1, 0.15) is 0 Å². The summed E-state index contributed by atoms with van der Waals surface area (Å²) in [4.78, 5) is 3.93. The van der Waals surface area contributed by atoms with Crippen molar-refractivity contribution in [1.29, 1.82) is 0 Å². The molecule has 0 atom stereocenters. The highest BCUT2D eigenvalue weighted by molar-refractivity contribution is 5.64. The van der Waals surface area contributed by atoms with E-state index in [1.165, 1.54) is 0 Å². The smallest absolute Gasteiger partial charge is 0.190 e. The summed E-state index contributed by atoms with van der Waals surface area (Å²) in [6.07, 6.45) is 5.08. The molecule has 2 aliphatic heterocycles. The molecule has 0 bridgehead atoms. The molecule has 3 heteroatoms. The number of aromatic nitrogens is 1. The van der Waals surface area contributed by atoms with Crippen LogP contribution in [0.3, 0.4) is 0 Å². The lowest BCUT2D eigenvalue weighted by molar-refractivity contribution is 0.573. The van der Waals surface area contributed by atoms with Crippen molar-refractivity contribution in [2.75, 3.05) is 5.73 Å². The van der Waals surface area contributed by atoms with E-state index in [0.717, 1.165) is 11.1 Å². The van der Waals surface area contributed by atoms with Gasteiger partial charge in [0.1, 0.15) is 6.26 Å². The van der Waals surface area contributed by atoms with Crippen LogP contribution in [0.4, 0.5) is 5.88 Å². The second-order valence-electron chi connectivity index (χ2n) is 2.10. The molecule has 3 nitrogen and oxygen atoms in total. The molecule has 2 rings (SSSR count). The first kappa shape index (κ1) is 5.29. The zero-order chi connectivity index (χ0) is 6.97. The summed E-state index contributed by atoms with van der Waals surface area (Å²) >= 11 is 0. The van der Waals surface area contributed by atoms with Gasteiger partial charge in [0.2, 0.25) is 0 Å². The Morgan fingerprint density at radius 2 is 2.10 bits per heavy atom. The number of nitrogens with zero attached hydrogens (tertiary/aromatic N) is 1. The van der Waals surface area contributed by atoms with Gasteiger partial charge in [-0.2, -0.15) is 0 Å². The van der Waals surface area contributed by atoms with E-state index in [4.69, 9.17) is 10.2 Å². The largest absolute Gasteiger partial charge is 0.449 e. The van der Waals surface area contributed by atoms with E-state index in [1.807, 2.05) is 0 Å². The number of nitrogens with two attached hydrogens (primary N) is 1. The SMILES string of the molecule is Nc1cc2cncc-2co1. The summed E-state index contributed by atoms with van der Waals surface area (Å²) < 4.78 is 4.94. The number of hydrogen-bond acceptors (Lipinski definition) is 3. The average molecular weight is 134 g/mol. The molecule has 2 N–H and O–H groups in total. The standard InChI is InChI=1S/C7H6N2O/c8-7-1-5-2-9-3-6(5)4-10-7/h1-4H,8H2. The zero-order valence-electron chi connectivity index (χ0n) is 5.24. The van der Waals surface area contributed by atoms with E-state index in [-0.39, 0.29) is 0 Å². The normalized spacial score (nSPS) is 10.4. The van der Waals surface area contributed by atoms with Crippen LogP contribution in [-0.4, -0.2) is 4.98 Å². The molecular formula is C7H6N2O. The molecule has 0 aromatic rings. The number of hydrogen-bond donors (Lipinski definition) is 1. The van der Waals surface area contributed by atoms with Crippen LogP contribution in [0.2, 0.25) is 0 Å². The number of rotatable bonds is 0. The van der Waals surface area contributed by atoms with Gasteiger partial charge in [0.15, 0.2) is 5.88 Å². The Hall–Kier alpha value is -1.51. The highest BCUT2D eigenvalue weighted by Crippen LogP contribution is 2.22. The summed E-state index contributed by atoms with van der Waals surface area (Å²) in [7, 11) is 0. The summed E-state index contributed by atoms with van der Waals surface area (Å²) in [6, 6.07) is 1.75. The molecule has 2 aliphatic rings. The van der Waals surface area contributed by atoms with Crippen molar-refractivity contribution in [3.05, 3.63) is 24.7 Å². The molecule has 0 fully saturated rings. The van der Waals surface area contributed by atoms with E-state index in [0.29, 0.717) is 5.88 Å². The molecule has 2 heterocycles. The molecule has 0 radical (unpaired) electrons. The third-order valence-corrected chi connectivity index (χ3v) is 1.38. The van der Waals surface area contributed by atoms with Crippen molar-refractivity contribution in [2.24, 2.45) is 0 Å². The predicted octanol–water partition coefficient (Wildman–Crippen LogP) is 1.36.